The van der Waals surface area contributed by atoms with Gasteiger partial charge in [0.05, 0.1) is 6.04 Å². The van der Waals surface area contributed by atoms with Crippen LogP contribution < -0.4 is 5.32 Å². The van der Waals surface area contributed by atoms with Gasteiger partial charge in [-0.2, -0.15) is 0 Å². The molecule has 2 unspecified atom stereocenters. The van der Waals surface area contributed by atoms with E-state index in [-0.39, 0.29) is 11.9 Å². The summed E-state index contributed by atoms with van der Waals surface area (Å²) in [6.45, 7) is 3.55. The highest BCUT2D eigenvalue weighted by molar-refractivity contribution is 6.31. The largest absolute Gasteiger partial charge is 0.340 e. The van der Waals surface area contributed by atoms with Crippen LogP contribution in [0.4, 0.5) is 4.79 Å². The molecule has 1 N–H and O–H groups in total. The number of aliphatic imine (C=N–C) groups is 1. The first-order chi connectivity index (χ1) is 19.0. The molecule has 9 heteroatoms. The van der Waals surface area contributed by atoms with Crippen LogP contribution in [0.3, 0.4) is 0 Å². The Balaban J connectivity index is 1.27. The van der Waals surface area contributed by atoms with Crippen molar-refractivity contribution in [3.63, 3.8) is 0 Å². The zero-order valence-corrected chi connectivity index (χ0v) is 22.5. The normalized spacial score (nSPS) is 21.7. The van der Waals surface area contributed by atoms with Gasteiger partial charge in [-0.25, -0.2) is 9.79 Å². The molecule has 200 valence electrons. The number of likely N-dealkylation sites (N-methyl/N-ethyl adjacent to an activating group) is 1. The van der Waals surface area contributed by atoms with Gasteiger partial charge in [-0.05, 0) is 22.8 Å². The Morgan fingerprint density at radius 3 is 2.08 bits per heavy atom. The molecule has 3 amide bonds. The van der Waals surface area contributed by atoms with Gasteiger partial charge in [0, 0.05) is 44.8 Å². The zero-order valence-electron chi connectivity index (χ0n) is 21.8. The van der Waals surface area contributed by atoms with E-state index in [9.17, 15) is 9.59 Å². The molecule has 2 fully saturated rings. The van der Waals surface area contributed by atoms with Crippen LogP contribution in [0.15, 0.2) is 89.9 Å². The van der Waals surface area contributed by atoms with Crippen LogP contribution in [0.2, 0.25) is 5.02 Å². The molecular formula is C30H31ClN6O2. The minimum atomic E-state index is -0.613. The van der Waals surface area contributed by atoms with Crippen molar-refractivity contribution in [1.82, 2.24) is 24.9 Å². The molecular weight excluding hydrogens is 512 g/mol. The fourth-order valence-corrected chi connectivity index (χ4v) is 6.01. The van der Waals surface area contributed by atoms with Gasteiger partial charge >= 0.3 is 6.03 Å². The number of benzene rings is 3. The van der Waals surface area contributed by atoms with E-state index in [1.54, 1.807) is 7.05 Å². The number of guanidine groups is 1. The van der Waals surface area contributed by atoms with Crippen LogP contribution >= 0.6 is 11.6 Å². The Bertz CT molecular complexity index is 1340. The van der Waals surface area contributed by atoms with Crippen molar-refractivity contribution in [2.75, 3.05) is 33.2 Å². The smallest absolute Gasteiger partial charge is 0.325 e. The highest BCUT2D eigenvalue weighted by Crippen LogP contribution is 2.32. The molecule has 2 atom stereocenters. The number of nitrogens with zero attached hydrogens (tertiary/aromatic N) is 5. The fourth-order valence-electron chi connectivity index (χ4n) is 5.82. The van der Waals surface area contributed by atoms with Gasteiger partial charge in [-0.1, -0.05) is 90.5 Å². The van der Waals surface area contributed by atoms with Gasteiger partial charge in [-0.15, -0.1) is 0 Å². The lowest BCUT2D eigenvalue weighted by atomic mass is 9.96. The van der Waals surface area contributed by atoms with Crippen LogP contribution in [0, 0.1) is 0 Å². The number of imide groups is 1. The Kier molecular flexibility index (Phi) is 6.97. The lowest BCUT2D eigenvalue weighted by Gasteiger charge is -2.42. The third-order valence-electron chi connectivity index (χ3n) is 7.83. The minimum absolute atomic E-state index is 0.149. The second-order valence-corrected chi connectivity index (χ2v) is 10.6. The lowest BCUT2D eigenvalue weighted by molar-refractivity contribution is -0.127. The summed E-state index contributed by atoms with van der Waals surface area (Å²) in [6, 6.07) is 28.0. The van der Waals surface area contributed by atoms with Crippen LogP contribution in [-0.4, -0.2) is 82.9 Å². The predicted molar refractivity (Wildman–Crippen MR) is 151 cm³/mol. The van der Waals surface area contributed by atoms with E-state index in [1.807, 2.05) is 41.3 Å². The molecule has 3 aromatic rings. The van der Waals surface area contributed by atoms with Gasteiger partial charge in [0.2, 0.25) is 0 Å². The number of carbonyl (C=O) groups excluding carboxylic acids is 2. The van der Waals surface area contributed by atoms with Crippen molar-refractivity contribution >= 4 is 29.5 Å². The van der Waals surface area contributed by atoms with Crippen molar-refractivity contribution in [2.45, 2.75) is 24.8 Å². The summed E-state index contributed by atoms with van der Waals surface area (Å²) in [7, 11) is 1.68. The molecule has 2 saturated heterocycles. The summed E-state index contributed by atoms with van der Waals surface area (Å²) in [5.41, 5.74) is 3.43. The number of rotatable bonds is 5. The maximum absolute atomic E-state index is 13.1. The second-order valence-electron chi connectivity index (χ2n) is 10.2. The first kappa shape index (κ1) is 25.4. The first-order valence-electron chi connectivity index (χ1n) is 13.3. The standard InChI is InChI=1S/C30H31ClN6O2/c1-34-27-26(28(38)33-30(34)39)37(20-23-14-8-9-15-24(23)31)29(32-27)36-18-16-35(17-19-36)25(21-10-4-2-5-11-21)22-12-6-3-7-13-22/h2-15,25-27H,16-20H2,1H3,(H,33,38,39). The highest BCUT2D eigenvalue weighted by atomic mass is 35.5. The lowest BCUT2D eigenvalue weighted by Crippen LogP contribution is -2.64. The molecule has 3 heterocycles. The first-order valence-corrected chi connectivity index (χ1v) is 13.6. The minimum Gasteiger partial charge on any atom is -0.340 e. The highest BCUT2D eigenvalue weighted by Gasteiger charge is 2.50. The summed E-state index contributed by atoms with van der Waals surface area (Å²) in [5.74, 6) is 0.401. The van der Waals surface area contributed by atoms with E-state index >= 15 is 0 Å². The van der Waals surface area contributed by atoms with Gasteiger partial charge in [0.25, 0.3) is 5.91 Å². The average Bonchev–Trinajstić information content (AvgIpc) is 3.35. The Hall–Kier alpha value is -3.88. The fraction of sp³-hybridized carbons (Fsp3) is 0.300. The van der Waals surface area contributed by atoms with Crippen molar-refractivity contribution in [1.29, 1.82) is 0 Å². The molecule has 0 aliphatic carbocycles. The van der Waals surface area contributed by atoms with E-state index < -0.39 is 18.2 Å². The summed E-state index contributed by atoms with van der Waals surface area (Å²) in [6.07, 6.45) is -0.580. The van der Waals surface area contributed by atoms with Gasteiger partial charge in [0.15, 0.2) is 18.2 Å². The molecule has 3 aliphatic heterocycles. The van der Waals surface area contributed by atoms with Crippen molar-refractivity contribution in [3.8, 4) is 0 Å². The van der Waals surface area contributed by atoms with E-state index in [0.29, 0.717) is 11.6 Å². The van der Waals surface area contributed by atoms with Crippen LogP contribution in [-0.2, 0) is 11.3 Å². The molecule has 3 aliphatic rings. The number of hydrogen-bond donors (Lipinski definition) is 1. The van der Waals surface area contributed by atoms with Gasteiger partial charge in [0.1, 0.15) is 0 Å². The van der Waals surface area contributed by atoms with Crippen molar-refractivity contribution < 1.29 is 9.59 Å². The predicted octanol–water partition coefficient (Wildman–Crippen LogP) is 3.80. The Morgan fingerprint density at radius 2 is 1.46 bits per heavy atom. The molecule has 0 radical (unpaired) electrons. The molecule has 39 heavy (non-hydrogen) atoms. The maximum atomic E-state index is 13.1. The number of nitrogens with one attached hydrogen (secondary N) is 1. The van der Waals surface area contributed by atoms with Crippen molar-refractivity contribution in [2.24, 2.45) is 4.99 Å². The molecule has 0 saturated carbocycles. The number of piperazine rings is 1. The van der Waals surface area contributed by atoms with Crippen LogP contribution in [0.1, 0.15) is 22.7 Å². The molecule has 0 spiro atoms. The number of amides is 3. The summed E-state index contributed by atoms with van der Waals surface area (Å²) in [4.78, 5) is 38.7. The molecule has 0 bridgehead atoms. The van der Waals surface area contributed by atoms with Crippen LogP contribution in [0.25, 0.3) is 0 Å². The molecule has 0 aromatic heterocycles. The van der Waals surface area contributed by atoms with E-state index in [2.05, 4.69) is 63.6 Å². The third-order valence-corrected chi connectivity index (χ3v) is 8.20. The molecule has 6 rings (SSSR count). The summed E-state index contributed by atoms with van der Waals surface area (Å²) >= 11 is 6.52. The quantitative estimate of drug-likeness (QED) is 0.531. The maximum Gasteiger partial charge on any atom is 0.325 e. The molecule has 8 nitrogen and oxygen atoms in total. The monoisotopic (exact) mass is 542 g/mol. The zero-order chi connectivity index (χ0) is 26.9. The number of halogens is 1. The Labute approximate surface area is 233 Å². The number of fused-ring (bicyclic) bond motifs is 1. The van der Waals surface area contributed by atoms with Gasteiger partial charge < -0.3 is 14.7 Å². The molecule has 3 aromatic carbocycles. The Morgan fingerprint density at radius 1 is 0.872 bits per heavy atom. The van der Waals surface area contributed by atoms with E-state index in [0.717, 1.165) is 37.7 Å². The van der Waals surface area contributed by atoms with E-state index in [4.69, 9.17) is 16.6 Å². The number of carbonyl (C=O) groups is 2. The SMILES string of the molecule is CN1C(=O)NC(=O)C2C1N=C(N1CCN(C(c3ccccc3)c3ccccc3)CC1)N2Cc1ccccc1Cl. The topological polar surface area (TPSA) is 71.5 Å². The number of hydrogen-bond acceptors (Lipinski definition) is 6. The summed E-state index contributed by atoms with van der Waals surface area (Å²) in [5, 5.41) is 3.12. The second kappa shape index (κ2) is 10.7. The summed E-state index contributed by atoms with van der Waals surface area (Å²) < 4.78 is 0. The van der Waals surface area contributed by atoms with Crippen molar-refractivity contribution in [3.05, 3.63) is 107 Å². The third kappa shape index (κ3) is 4.86. The van der Waals surface area contributed by atoms with E-state index in [1.165, 1.54) is 16.0 Å². The van der Waals surface area contributed by atoms with Crippen LogP contribution in [0.5, 0.6) is 0 Å². The number of urea groups is 1. The average molecular weight is 543 g/mol. The van der Waals surface area contributed by atoms with Gasteiger partial charge in [-0.3, -0.25) is 15.0 Å².